The quantitative estimate of drug-likeness (QED) is 0.857. The highest BCUT2D eigenvalue weighted by Gasteiger charge is 2.14. The molecule has 0 radical (unpaired) electrons. The number of hydrogen-bond acceptors (Lipinski definition) is 4. The van der Waals surface area contributed by atoms with E-state index in [4.69, 9.17) is 9.52 Å². The van der Waals surface area contributed by atoms with Crippen molar-refractivity contribution >= 4 is 17.7 Å². The molecule has 0 aliphatic heterocycles. The third-order valence-electron chi connectivity index (χ3n) is 2.39. The Kier molecular flexibility index (Phi) is 3.72. The predicted octanol–water partition coefficient (Wildman–Crippen LogP) is 3.28. The van der Waals surface area contributed by atoms with E-state index in [1.807, 2.05) is 26.0 Å². The maximum absolute atomic E-state index is 10.9. The standard InChI is InChI=1S/C13H13NO3S/c1-8-5-9(2)14-11(6-8)18-7-10-3-4-17-12(10)13(15)16/h3-6H,7H2,1-2H3,(H,15,16). The smallest absolute Gasteiger partial charge is 0.372 e. The van der Waals surface area contributed by atoms with Crippen LogP contribution < -0.4 is 0 Å². The fourth-order valence-electron chi connectivity index (χ4n) is 1.67. The van der Waals surface area contributed by atoms with Gasteiger partial charge in [0.2, 0.25) is 5.76 Å². The van der Waals surface area contributed by atoms with Gasteiger partial charge in [-0.25, -0.2) is 9.78 Å². The first kappa shape index (κ1) is 12.7. The summed E-state index contributed by atoms with van der Waals surface area (Å²) < 4.78 is 4.93. The number of carboxylic acid groups (broad SMARTS) is 1. The van der Waals surface area contributed by atoms with Gasteiger partial charge in [-0.1, -0.05) is 0 Å². The number of thioether (sulfide) groups is 1. The van der Waals surface area contributed by atoms with Crippen LogP contribution in [0.25, 0.3) is 0 Å². The van der Waals surface area contributed by atoms with Gasteiger partial charge in [-0.15, -0.1) is 11.8 Å². The maximum atomic E-state index is 10.9. The number of carbonyl (C=O) groups is 1. The zero-order chi connectivity index (χ0) is 13.1. The van der Waals surface area contributed by atoms with Gasteiger partial charge in [-0.05, 0) is 37.6 Å². The molecule has 18 heavy (non-hydrogen) atoms. The van der Waals surface area contributed by atoms with Gasteiger partial charge in [-0.3, -0.25) is 0 Å². The van der Waals surface area contributed by atoms with E-state index in [-0.39, 0.29) is 5.76 Å². The van der Waals surface area contributed by atoms with Crippen molar-refractivity contribution in [3.63, 3.8) is 0 Å². The molecule has 0 amide bonds. The number of rotatable bonds is 4. The lowest BCUT2D eigenvalue weighted by Gasteiger charge is -2.03. The Morgan fingerprint density at radius 1 is 1.44 bits per heavy atom. The minimum Gasteiger partial charge on any atom is -0.475 e. The molecular formula is C13H13NO3S. The Bertz CT molecular complexity index is 557. The number of pyridine rings is 1. The Balaban J connectivity index is 2.11. The molecule has 2 aromatic rings. The molecule has 4 nitrogen and oxygen atoms in total. The number of nitrogens with zero attached hydrogens (tertiary/aromatic N) is 1. The van der Waals surface area contributed by atoms with Crippen molar-refractivity contribution in [2.75, 3.05) is 0 Å². The minimum atomic E-state index is -1.04. The molecule has 0 fully saturated rings. The molecule has 2 aromatic heterocycles. The van der Waals surface area contributed by atoms with Gasteiger partial charge >= 0.3 is 5.97 Å². The SMILES string of the molecule is Cc1cc(C)nc(SCc2ccoc2C(=O)O)c1. The molecule has 5 heteroatoms. The van der Waals surface area contributed by atoms with Crippen molar-refractivity contribution < 1.29 is 14.3 Å². The molecule has 0 spiro atoms. The van der Waals surface area contributed by atoms with E-state index < -0.39 is 5.97 Å². The van der Waals surface area contributed by atoms with Crippen LogP contribution in [-0.2, 0) is 5.75 Å². The Morgan fingerprint density at radius 3 is 2.89 bits per heavy atom. The van der Waals surface area contributed by atoms with Crippen molar-refractivity contribution in [2.24, 2.45) is 0 Å². The molecule has 2 heterocycles. The van der Waals surface area contributed by atoms with Crippen LogP contribution in [0.4, 0.5) is 0 Å². The van der Waals surface area contributed by atoms with Crippen LogP contribution in [0.5, 0.6) is 0 Å². The summed E-state index contributed by atoms with van der Waals surface area (Å²) in [7, 11) is 0. The lowest BCUT2D eigenvalue weighted by Crippen LogP contribution is -1.97. The Morgan fingerprint density at radius 2 is 2.22 bits per heavy atom. The average molecular weight is 263 g/mol. The number of aryl methyl sites for hydroxylation is 2. The molecule has 0 atom stereocenters. The first-order chi connectivity index (χ1) is 8.56. The molecule has 94 valence electrons. The van der Waals surface area contributed by atoms with Crippen molar-refractivity contribution in [1.29, 1.82) is 0 Å². The van der Waals surface area contributed by atoms with Crippen LogP contribution in [0.3, 0.4) is 0 Å². The van der Waals surface area contributed by atoms with Gasteiger partial charge in [0.15, 0.2) is 0 Å². The molecule has 0 aliphatic carbocycles. The van der Waals surface area contributed by atoms with Gasteiger partial charge in [0.25, 0.3) is 0 Å². The van der Waals surface area contributed by atoms with Gasteiger partial charge in [0, 0.05) is 17.0 Å². The molecule has 0 saturated heterocycles. The van der Waals surface area contributed by atoms with Crippen LogP contribution in [0.2, 0.25) is 0 Å². The average Bonchev–Trinajstić information content (AvgIpc) is 2.73. The number of furan rings is 1. The van der Waals surface area contributed by atoms with Crippen LogP contribution in [0.1, 0.15) is 27.4 Å². The van der Waals surface area contributed by atoms with Gasteiger partial charge in [0.05, 0.1) is 11.3 Å². The van der Waals surface area contributed by atoms with E-state index in [0.717, 1.165) is 16.3 Å². The highest BCUT2D eigenvalue weighted by atomic mass is 32.2. The second-order valence-corrected chi connectivity index (χ2v) is 4.99. The molecule has 2 rings (SSSR count). The largest absolute Gasteiger partial charge is 0.475 e. The Hall–Kier alpha value is -1.75. The molecule has 0 unspecified atom stereocenters. The van der Waals surface area contributed by atoms with Crippen LogP contribution in [0.15, 0.2) is 33.9 Å². The van der Waals surface area contributed by atoms with Gasteiger partial charge < -0.3 is 9.52 Å². The summed E-state index contributed by atoms with van der Waals surface area (Å²) in [6, 6.07) is 5.67. The third kappa shape index (κ3) is 2.92. The predicted molar refractivity (Wildman–Crippen MR) is 68.9 cm³/mol. The molecule has 0 aliphatic rings. The molecular weight excluding hydrogens is 250 g/mol. The summed E-state index contributed by atoms with van der Waals surface area (Å²) in [5.41, 5.74) is 2.78. The highest BCUT2D eigenvalue weighted by Crippen LogP contribution is 2.24. The van der Waals surface area contributed by atoms with Gasteiger partial charge in [-0.2, -0.15) is 0 Å². The third-order valence-corrected chi connectivity index (χ3v) is 3.35. The zero-order valence-electron chi connectivity index (χ0n) is 10.1. The second-order valence-electron chi connectivity index (χ2n) is 3.99. The van der Waals surface area contributed by atoms with Crippen LogP contribution in [-0.4, -0.2) is 16.1 Å². The van der Waals surface area contributed by atoms with E-state index >= 15 is 0 Å². The normalized spacial score (nSPS) is 10.6. The number of hydrogen-bond donors (Lipinski definition) is 1. The monoisotopic (exact) mass is 263 g/mol. The lowest BCUT2D eigenvalue weighted by atomic mass is 10.3. The molecule has 0 saturated carbocycles. The second kappa shape index (κ2) is 5.27. The summed E-state index contributed by atoms with van der Waals surface area (Å²) in [4.78, 5) is 15.3. The van der Waals surface area contributed by atoms with Crippen molar-refractivity contribution in [2.45, 2.75) is 24.6 Å². The highest BCUT2D eigenvalue weighted by molar-refractivity contribution is 7.98. The topological polar surface area (TPSA) is 63.3 Å². The molecule has 0 aromatic carbocycles. The van der Waals surface area contributed by atoms with Crippen molar-refractivity contribution in [1.82, 2.24) is 4.98 Å². The summed E-state index contributed by atoms with van der Waals surface area (Å²) >= 11 is 1.50. The van der Waals surface area contributed by atoms with E-state index in [9.17, 15) is 4.79 Å². The summed E-state index contributed by atoms with van der Waals surface area (Å²) in [5, 5.41) is 9.81. The first-order valence-electron chi connectivity index (χ1n) is 5.44. The molecule has 0 bridgehead atoms. The van der Waals surface area contributed by atoms with Crippen LogP contribution in [0, 0.1) is 13.8 Å². The van der Waals surface area contributed by atoms with Crippen molar-refractivity contribution in [3.05, 3.63) is 47.0 Å². The van der Waals surface area contributed by atoms with Crippen molar-refractivity contribution in [3.8, 4) is 0 Å². The number of aromatic carboxylic acids is 1. The number of carboxylic acids is 1. The zero-order valence-corrected chi connectivity index (χ0v) is 11.0. The lowest BCUT2D eigenvalue weighted by molar-refractivity contribution is 0.0661. The van der Waals surface area contributed by atoms with E-state index in [2.05, 4.69) is 4.98 Å². The van der Waals surface area contributed by atoms with E-state index in [1.165, 1.54) is 18.0 Å². The summed E-state index contributed by atoms with van der Waals surface area (Å²) in [5.74, 6) is -0.496. The minimum absolute atomic E-state index is 0.00637. The Labute approximate surface area is 109 Å². The fraction of sp³-hybridized carbons (Fsp3) is 0.231. The maximum Gasteiger partial charge on any atom is 0.372 e. The van der Waals surface area contributed by atoms with E-state index in [1.54, 1.807) is 6.07 Å². The summed E-state index contributed by atoms with van der Waals surface area (Å²) in [6.07, 6.45) is 1.40. The molecule has 1 N–H and O–H groups in total. The first-order valence-corrected chi connectivity index (χ1v) is 6.42. The van der Waals surface area contributed by atoms with Gasteiger partial charge in [0.1, 0.15) is 0 Å². The number of aromatic nitrogens is 1. The summed E-state index contributed by atoms with van der Waals surface area (Å²) in [6.45, 7) is 3.96. The fourth-order valence-corrected chi connectivity index (χ4v) is 2.68. The van der Waals surface area contributed by atoms with Crippen LogP contribution >= 0.6 is 11.8 Å². The van der Waals surface area contributed by atoms with E-state index in [0.29, 0.717) is 11.3 Å².